The molecule has 1 heterocycles. The number of rotatable bonds is 2. The third kappa shape index (κ3) is 1.46. The molecule has 0 bridgehead atoms. The molecule has 0 spiro atoms. The van der Waals surface area contributed by atoms with Crippen LogP contribution in [0.3, 0.4) is 0 Å². The molecule has 1 aromatic rings. The van der Waals surface area contributed by atoms with Gasteiger partial charge in [-0.1, -0.05) is 0 Å². The van der Waals surface area contributed by atoms with Gasteiger partial charge in [0.25, 0.3) is 5.56 Å². The molecule has 4 nitrogen and oxygen atoms in total. The number of aryl methyl sites for hydroxylation is 1. The summed E-state index contributed by atoms with van der Waals surface area (Å²) in [5.41, 5.74) is 7.94. The molecule has 0 radical (unpaired) electrons. The van der Waals surface area contributed by atoms with E-state index in [1.165, 1.54) is 5.56 Å². The monoisotopic (exact) mass is 205 g/mol. The van der Waals surface area contributed by atoms with Crippen LogP contribution in [0.25, 0.3) is 0 Å². The number of hydrogen-bond donors (Lipinski definition) is 2. The second-order valence-electron chi connectivity index (χ2n) is 3.85. The molecule has 80 valence electrons. The molecule has 0 saturated carbocycles. The summed E-state index contributed by atoms with van der Waals surface area (Å²) in [6.07, 6.45) is 3.06. The second-order valence-corrected chi connectivity index (χ2v) is 3.85. The molecule has 3 N–H and O–H groups in total. The van der Waals surface area contributed by atoms with Crippen molar-refractivity contribution < 1.29 is 0 Å². The Kier molecular flexibility index (Phi) is 2.34. The second kappa shape index (κ2) is 3.53. The zero-order valence-corrected chi connectivity index (χ0v) is 8.84. The van der Waals surface area contributed by atoms with Crippen molar-refractivity contribution in [1.82, 2.24) is 4.57 Å². The first-order valence-corrected chi connectivity index (χ1v) is 5.25. The van der Waals surface area contributed by atoms with Crippen LogP contribution in [0.15, 0.2) is 10.9 Å². The minimum Gasteiger partial charge on any atom is -0.384 e. The lowest BCUT2D eigenvalue weighted by Gasteiger charge is -2.11. The number of aromatic nitrogens is 1. The Morgan fingerprint density at radius 3 is 2.93 bits per heavy atom. The Bertz CT molecular complexity index is 473. The smallest absolute Gasteiger partial charge is 0.261 e. The van der Waals surface area contributed by atoms with Gasteiger partial charge in [-0.15, -0.1) is 0 Å². The SMILES string of the molecule is CCn1c2c(cc(C(=N)N)c1=O)CCC2. The highest BCUT2D eigenvalue weighted by molar-refractivity contribution is 5.94. The Balaban J connectivity index is 2.73. The van der Waals surface area contributed by atoms with Crippen LogP contribution in [-0.4, -0.2) is 10.4 Å². The van der Waals surface area contributed by atoms with E-state index in [4.69, 9.17) is 11.1 Å². The molecule has 0 aromatic carbocycles. The van der Waals surface area contributed by atoms with Gasteiger partial charge < -0.3 is 10.3 Å². The first-order chi connectivity index (χ1) is 7.15. The standard InChI is InChI=1S/C11H15N3O/c1-2-14-9-5-3-4-7(9)6-8(10(12)13)11(14)15/h6H,2-5H2,1H3,(H3,12,13). The number of amidine groups is 1. The largest absolute Gasteiger partial charge is 0.384 e. The maximum atomic E-state index is 11.9. The van der Waals surface area contributed by atoms with E-state index in [-0.39, 0.29) is 11.4 Å². The van der Waals surface area contributed by atoms with Crippen LogP contribution >= 0.6 is 0 Å². The predicted octanol–water partition coefficient (Wildman–Crippen LogP) is 0.641. The molecule has 0 atom stereocenters. The third-order valence-electron chi connectivity index (χ3n) is 2.96. The highest BCUT2D eigenvalue weighted by Gasteiger charge is 2.18. The fourth-order valence-electron chi connectivity index (χ4n) is 2.25. The van der Waals surface area contributed by atoms with Gasteiger partial charge in [0.2, 0.25) is 0 Å². The molecule has 1 aliphatic carbocycles. The van der Waals surface area contributed by atoms with Gasteiger partial charge in [0, 0.05) is 12.2 Å². The van der Waals surface area contributed by atoms with Gasteiger partial charge in [-0.05, 0) is 37.8 Å². The summed E-state index contributed by atoms with van der Waals surface area (Å²) in [5.74, 6) is -0.128. The molecule has 0 aliphatic heterocycles. The molecule has 0 fully saturated rings. The van der Waals surface area contributed by atoms with Gasteiger partial charge in [-0.2, -0.15) is 0 Å². The third-order valence-corrected chi connectivity index (χ3v) is 2.96. The number of fused-ring (bicyclic) bond motifs is 1. The van der Waals surface area contributed by atoms with Gasteiger partial charge >= 0.3 is 0 Å². The van der Waals surface area contributed by atoms with Gasteiger partial charge in [0.15, 0.2) is 0 Å². The zero-order chi connectivity index (χ0) is 11.0. The molecule has 2 rings (SSSR count). The Labute approximate surface area is 88.2 Å². The van der Waals surface area contributed by atoms with E-state index in [1.54, 1.807) is 10.6 Å². The van der Waals surface area contributed by atoms with Crippen molar-refractivity contribution in [1.29, 1.82) is 5.41 Å². The minimum absolute atomic E-state index is 0.120. The molecule has 1 aliphatic rings. The average Bonchev–Trinajstić information content (AvgIpc) is 2.64. The van der Waals surface area contributed by atoms with Gasteiger partial charge in [-0.25, -0.2) is 0 Å². The van der Waals surface area contributed by atoms with E-state index >= 15 is 0 Å². The van der Waals surface area contributed by atoms with Crippen molar-refractivity contribution in [3.8, 4) is 0 Å². The number of nitrogen functional groups attached to an aromatic ring is 1. The van der Waals surface area contributed by atoms with Gasteiger partial charge in [0.05, 0.1) is 5.56 Å². The molecule has 0 saturated heterocycles. The first kappa shape index (κ1) is 9.96. The summed E-state index contributed by atoms with van der Waals surface area (Å²) in [5, 5.41) is 7.38. The van der Waals surface area contributed by atoms with Crippen LogP contribution in [0.4, 0.5) is 0 Å². The van der Waals surface area contributed by atoms with Crippen LogP contribution in [0, 0.1) is 5.41 Å². The number of nitrogens with zero attached hydrogens (tertiary/aromatic N) is 1. The minimum atomic E-state index is -0.128. The lowest BCUT2D eigenvalue weighted by molar-refractivity contribution is 0.680. The van der Waals surface area contributed by atoms with Crippen LogP contribution in [0.5, 0.6) is 0 Å². The van der Waals surface area contributed by atoms with Crippen LogP contribution < -0.4 is 11.3 Å². The first-order valence-electron chi connectivity index (χ1n) is 5.25. The maximum absolute atomic E-state index is 11.9. The van der Waals surface area contributed by atoms with Crippen LogP contribution in [-0.2, 0) is 19.4 Å². The van der Waals surface area contributed by atoms with E-state index in [2.05, 4.69) is 0 Å². The van der Waals surface area contributed by atoms with E-state index in [9.17, 15) is 4.79 Å². The Hall–Kier alpha value is -1.58. The fourth-order valence-corrected chi connectivity index (χ4v) is 2.25. The van der Waals surface area contributed by atoms with E-state index in [1.807, 2.05) is 6.92 Å². The summed E-state index contributed by atoms with van der Waals surface area (Å²) in [6.45, 7) is 2.60. The summed E-state index contributed by atoms with van der Waals surface area (Å²) < 4.78 is 1.75. The number of hydrogen-bond acceptors (Lipinski definition) is 2. The molecular formula is C11H15N3O. The average molecular weight is 205 g/mol. The van der Waals surface area contributed by atoms with E-state index < -0.39 is 0 Å². The summed E-state index contributed by atoms with van der Waals surface area (Å²) >= 11 is 0. The van der Waals surface area contributed by atoms with Crippen molar-refractivity contribution in [2.24, 2.45) is 5.73 Å². The topological polar surface area (TPSA) is 71.9 Å². The van der Waals surface area contributed by atoms with E-state index in [0.29, 0.717) is 12.1 Å². The predicted molar refractivity (Wildman–Crippen MR) is 59.4 cm³/mol. The summed E-state index contributed by atoms with van der Waals surface area (Å²) in [4.78, 5) is 11.9. The molecule has 1 aromatic heterocycles. The lowest BCUT2D eigenvalue weighted by atomic mass is 10.1. The fraction of sp³-hybridized carbons (Fsp3) is 0.455. The highest BCUT2D eigenvalue weighted by atomic mass is 16.1. The van der Waals surface area contributed by atoms with Crippen molar-refractivity contribution in [2.45, 2.75) is 32.7 Å². The van der Waals surface area contributed by atoms with Gasteiger partial charge in [0.1, 0.15) is 5.84 Å². The molecule has 15 heavy (non-hydrogen) atoms. The lowest BCUT2D eigenvalue weighted by Crippen LogP contribution is -2.31. The molecule has 0 amide bonds. The quantitative estimate of drug-likeness (QED) is 0.549. The van der Waals surface area contributed by atoms with Gasteiger partial charge in [-0.3, -0.25) is 10.2 Å². The molecule has 0 unspecified atom stereocenters. The van der Waals surface area contributed by atoms with Crippen LogP contribution in [0.2, 0.25) is 0 Å². The van der Waals surface area contributed by atoms with Crippen molar-refractivity contribution in [3.05, 3.63) is 33.2 Å². The zero-order valence-electron chi connectivity index (χ0n) is 8.84. The van der Waals surface area contributed by atoms with Crippen molar-refractivity contribution in [2.75, 3.05) is 0 Å². The highest BCUT2D eigenvalue weighted by Crippen LogP contribution is 2.21. The summed E-state index contributed by atoms with van der Waals surface area (Å²) in [7, 11) is 0. The van der Waals surface area contributed by atoms with Crippen molar-refractivity contribution >= 4 is 5.84 Å². The Morgan fingerprint density at radius 1 is 1.60 bits per heavy atom. The normalized spacial score (nSPS) is 13.9. The summed E-state index contributed by atoms with van der Waals surface area (Å²) in [6, 6.07) is 1.79. The van der Waals surface area contributed by atoms with E-state index in [0.717, 1.165) is 25.0 Å². The number of pyridine rings is 1. The maximum Gasteiger partial charge on any atom is 0.261 e. The van der Waals surface area contributed by atoms with Crippen molar-refractivity contribution in [3.63, 3.8) is 0 Å². The molecular weight excluding hydrogens is 190 g/mol. The molecule has 4 heteroatoms. The van der Waals surface area contributed by atoms with Crippen LogP contribution in [0.1, 0.15) is 30.2 Å². The number of nitrogens with two attached hydrogens (primary N) is 1. The Morgan fingerprint density at radius 2 is 2.33 bits per heavy atom. The number of nitrogens with one attached hydrogen (secondary N) is 1.